The van der Waals surface area contributed by atoms with Crippen molar-refractivity contribution >= 4 is 34.8 Å². The Hall–Kier alpha value is -2.89. The summed E-state index contributed by atoms with van der Waals surface area (Å²) in [5.74, 6) is -1.99. The maximum atomic E-state index is 14.6. The molecule has 0 radical (unpaired) electrons. The van der Waals surface area contributed by atoms with Crippen molar-refractivity contribution in [2.24, 2.45) is 0 Å². The Morgan fingerprint density at radius 3 is 2.53 bits per heavy atom. The lowest BCUT2D eigenvalue weighted by molar-refractivity contribution is -0.122. The fourth-order valence-corrected chi connectivity index (χ4v) is 6.34. The summed E-state index contributed by atoms with van der Waals surface area (Å²) >= 11 is 12.6. The fraction of sp³-hybridized carbons (Fsp3) is 0.323. The smallest absolute Gasteiger partial charge is 0.236 e. The van der Waals surface area contributed by atoms with Crippen LogP contribution in [0.15, 0.2) is 60.2 Å². The zero-order valence-electron chi connectivity index (χ0n) is 22.1. The average Bonchev–Trinajstić information content (AvgIpc) is 3.16. The van der Waals surface area contributed by atoms with Crippen molar-refractivity contribution in [1.82, 2.24) is 0 Å². The minimum atomic E-state index is -1.23. The Morgan fingerprint density at radius 1 is 1.11 bits per heavy atom. The van der Waals surface area contributed by atoms with Gasteiger partial charge in [0.15, 0.2) is 0 Å². The van der Waals surface area contributed by atoms with E-state index in [1.54, 1.807) is 24.3 Å². The summed E-state index contributed by atoms with van der Waals surface area (Å²) in [7, 11) is 1.47. The van der Waals surface area contributed by atoms with Gasteiger partial charge in [0, 0.05) is 34.2 Å². The fourth-order valence-electron chi connectivity index (χ4n) is 5.99. The molecule has 0 bridgehead atoms. The molecule has 3 atom stereocenters. The quantitative estimate of drug-likeness (QED) is 0.280. The van der Waals surface area contributed by atoms with Crippen molar-refractivity contribution in [3.8, 4) is 5.75 Å². The second-order valence-corrected chi connectivity index (χ2v) is 10.8. The molecular formula is C31H31Cl2F2NO2. The number of anilines is 1. The zero-order chi connectivity index (χ0) is 27.8. The van der Waals surface area contributed by atoms with E-state index >= 15 is 0 Å². The topological polar surface area (TPSA) is 38.3 Å². The molecule has 0 saturated carbocycles. The van der Waals surface area contributed by atoms with Crippen LogP contribution in [0.2, 0.25) is 10.0 Å². The van der Waals surface area contributed by atoms with Crippen LogP contribution in [-0.4, -0.2) is 13.0 Å². The number of nitrogens with one attached hydrogen (secondary N) is 1. The van der Waals surface area contributed by atoms with E-state index in [1.165, 1.54) is 25.3 Å². The molecular weight excluding hydrogens is 527 g/mol. The predicted molar refractivity (Wildman–Crippen MR) is 151 cm³/mol. The van der Waals surface area contributed by atoms with Crippen molar-refractivity contribution in [1.29, 1.82) is 0 Å². The summed E-state index contributed by atoms with van der Waals surface area (Å²) in [4.78, 5) is 14.4. The molecule has 0 spiro atoms. The van der Waals surface area contributed by atoms with Crippen molar-refractivity contribution in [3.05, 3.63) is 104 Å². The first-order valence-electron chi connectivity index (χ1n) is 12.6. The van der Waals surface area contributed by atoms with E-state index in [4.69, 9.17) is 27.9 Å². The molecule has 0 saturated heterocycles. The Kier molecular flexibility index (Phi) is 8.20. The molecule has 38 heavy (non-hydrogen) atoms. The number of methoxy groups -OCH3 is 1. The van der Waals surface area contributed by atoms with Gasteiger partial charge in [-0.25, -0.2) is 8.78 Å². The molecule has 1 heterocycles. The minimum absolute atomic E-state index is 0.0672. The summed E-state index contributed by atoms with van der Waals surface area (Å²) in [6.07, 6.45) is 3.37. The van der Waals surface area contributed by atoms with E-state index in [1.807, 2.05) is 33.8 Å². The van der Waals surface area contributed by atoms with Gasteiger partial charge in [-0.15, -0.1) is 0 Å². The number of carbonyl (C=O) groups excluding carboxylic acids is 1. The number of ether oxygens (including phenoxy) is 1. The summed E-state index contributed by atoms with van der Waals surface area (Å²) in [6, 6.07) is 12.8. The van der Waals surface area contributed by atoms with Crippen LogP contribution in [0.4, 0.5) is 14.5 Å². The lowest BCUT2D eigenvalue weighted by Gasteiger charge is -2.42. The van der Waals surface area contributed by atoms with E-state index in [-0.39, 0.29) is 16.7 Å². The molecule has 1 aliphatic heterocycles. The van der Waals surface area contributed by atoms with Gasteiger partial charge in [0.1, 0.15) is 17.4 Å². The van der Waals surface area contributed by atoms with Gasteiger partial charge in [-0.05, 0) is 73.7 Å². The van der Waals surface area contributed by atoms with Crippen molar-refractivity contribution < 1.29 is 18.3 Å². The SMILES string of the molecule is CC/C=C(/C)C[C@@H](c1cc(Cl)c(F)cc1OC)[C@@]1([C@H](C)c2cc(F)ccc2C)C(=O)Nc2cc(Cl)ccc21. The highest BCUT2D eigenvalue weighted by Gasteiger charge is 2.57. The van der Waals surface area contributed by atoms with Gasteiger partial charge in [0.25, 0.3) is 0 Å². The molecule has 3 aromatic rings. The van der Waals surface area contributed by atoms with Crippen LogP contribution in [0.25, 0.3) is 0 Å². The van der Waals surface area contributed by atoms with Crippen molar-refractivity contribution in [2.45, 2.75) is 57.8 Å². The van der Waals surface area contributed by atoms with E-state index < -0.39 is 23.1 Å². The van der Waals surface area contributed by atoms with Crippen LogP contribution in [0.5, 0.6) is 5.75 Å². The summed E-state index contributed by atoms with van der Waals surface area (Å²) < 4.78 is 34.8. The highest BCUT2D eigenvalue weighted by atomic mass is 35.5. The van der Waals surface area contributed by atoms with E-state index in [2.05, 4.69) is 11.4 Å². The summed E-state index contributed by atoms with van der Waals surface area (Å²) in [5, 5.41) is 3.46. The summed E-state index contributed by atoms with van der Waals surface area (Å²) in [6.45, 7) is 7.90. The second kappa shape index (κ2) is 11.1. The Labute approximate surface area is 232 Å². The van der Waals surface area contributed by atoms with Gasteiger partial charge >= 0.3 is 0 Å². The number of fused-ring (bicyclic) bond motifs is 1. The monoisotopic (exact) mass is 557 g/mol. The molecule has 0 aliphatic carbocycles. The van der Waals surface area contributed by atoms with Gasteiger partial charge in [-0.3, -0.25) is 4.79 Å². The van der Waals surface area contributed by atoms with Gasteiger partial charge in [0.2, 0.25) is 5.91 Å². The first-order valence-corrected chi connectivity index (χ1v) is 13.4. The molecule has 0 aromatic heterocycles. The normalized spacial score (nSPS) is 18.7. The van der Waals surface area contributed by atoms with Crippen molar-refractivity contribution in [2.75, 3.05) is 12.4 Å². The largest absolute Gasteiger partial charge is 0.496 e. The van der Waals surface area contributed by atoms with Crippen LogP contribution in [0.1, 0.15) is 67.7 Å². The lowest BCUT2D eigenvalue weighted by atomic mass is 9.58. The van der Waals surface area contributed by atoms with Crippen LogP contribution in [0, 0.1) is 18.6 Å². The van der Waals surface area contributed by atoms with Crippen molar-refractivity contribution in [3.63, 3.8) is 0 Å². The first-order chi connectivity index (χ1) is 18.0. The lowest BCUT2D eigenvalue weighted by Crippen LogP contribution is -2.45. The molecule has 4 rings (SSSR count). The molecule has 1 aliphatic rings. The van der Waals surface area contributed by atoms with Gasteiger partial charge in [-0.2, -0.15) is 0 Å². The number of rotatable bonds is 8. The Bertz CT molecular complexity index is 1420. The number of allylic oxidation sites excluding steroid dienone is 2. The third kappa shape index (κ3) is 4.83. The molecule has 0 fully saturated rings. The molecule has 1 amide bonds. The summed E-state index contributed by atoms with van der Waals surface area (Å²) in [5.41, 5.74) is 3.32. The number of amides is 1. The van der Waals surface area contributed by atoms with E-state index in [0.29, 0.717) is 34.0 Å². The van der Waals surface area contributed by atoms with Crippen LogP contribution in [-0.2, 0) is 10.2 Å². The Morgan fingerprint density at radius 2 is 1.84 bits per heavy atom. The molecule has 3 aromatic carbocycles. The number of carbonyl (C=O) groups is 1. The number of halogens is 4. The van der Waals surface area contributed by atoms with Crippen LogP contribution >= 0.6 is 23.2 Å². The standard InChI is InChI=1S/C31H31Cl2F2NO2/c1-6-7-17(2)12-25(23-15-26(33)27(35)16-29(23)38-5)31(19(4)22-14-21(34)10-8-18(22)3)24-11-9-20(32)13-28(24)36-30(31)37/h7-11,13-16,19,25H,6,12H2,1-5H3,(H,36,37)/b17-7-/t19-,25+,31+/m1/s1. The maximum absolute atomic E-state index is 14.6. The minimum Gasteiger partial charge on any atom is -0.496 e. The number of benzene rings is 3. The molecule has 200 valence electrons. The highest BCUT2D eigenvalue weighted by Crippen LogP contribution is 2.58. The van der Waals surface area contributed by atoms with Gasteiger partial charge in [0.05, 0.1) is 17.5 Å². The third-order valence-electron chi connectivity index (χ3n) is 7.72. The third-order valence-corrected chi connectivity index (χ3v) is 8.24. The van der Waals surface area contributed by atoms with Crippen LogP contribution < -0.4 is 10.1 Å². The predicted octanol–water partition coefficient (Wildman–Crippen LogP) is 9.11. The molecule has 0 unspecified atom stereocenters. The molecule has 1 N–H and O–H groups in total. The maximum Gasteiger partial charge on any atom is 0.236 e. The Balaban J connectivity index is 2.12. The zero-order valence-corrected chi connectivity index (χ0v) is 23.6. The van der Waals surface area contributed by atoms with Gasteiger partial charge in [-0.1, -0.05) is 60.8 Å². The second-order valence-electron chi connectivity index (χ2n) is 9.96. The number of aryl methyl sites for hydroxylation is 1. The van der Waals surface area contributed by atoms with E-state index in [0.717, 1.165) is 23.1 Å². The number of hydrogen-bond acceptors (Lipinski definition) is 2. The molecule has 7 heteroatoms. The van der Waals surface area contributed by atoms with Gasteiger partial charge < -0.3 is 10.1 Å². The van der Waals surface area contributed by atoms with Crippen LogP contribution in [0.3, 0.4) is 0 Å². The first kappa shape index (κ1) is 28.1. The number of hydrogen-bond donors (Lipinski definition) is 1. The molecule has 3 nitrogen and oxygen atoms in total. The van der Waals surface area contributed by atoms with E-state index in [9.17, 15) is 13.6 Å². The highest BCUT2D eigenvalue weighted by molar-refractivity contribution is 6.31. The average molecular weight is 558 g/mol.